The van der Waals surface area contributed by atoms with Crippen molar-refractivity contribution in [3.05, 3.63) is 90.1 Å². The first-order chi connectivity index (χ1) is 13.1. The Bertz CT molecular complexity index is 1090. The van der Waals surface area contributed by atoms with Gasteiger partial charge in [0.25, 0.3) is 0 Å². The highest BCUT2D eigenvalue weighted by Gasteiger charge is 2.18. The van der Waals surface area contributed by atoms with E-state index in [-0.39, 0.29) is 11.9 Å². The number of hydrogen-bond donors (Lipinski definition) is 0. The Balaban J connectivity index is 1.74. The third kappa shape index (κ3) is 3.34. The second-order valence-corrected chi connectivity index (χ2v) is 6.73. The zero-order valence-corrected chi connectivity index (χ0v) is 15.3. The lowest BCUT2D eigenvalue weighted by Gasteiger charge is -2.09. The van der Waals surface area contributed by atoms with Crippen LogP contribution in [0.2, 0.25) is 0 Å². The average Bonchev–Trinajstić information content (AvgIpc) is 3.12. The fraction of sp³-hybridized carbons (Fsp3) is 0.130. The van der Waals surface area contributed by atoms with Gasteiger partial charge in [0.2, 0.25) is 5.88 Å². The standard InChI is InChI=1S/C23H20N2O2/c1-16(2)21-15-22(25(24-21)18-11-4-3-5-12-18)27-23(26)20-14-8-10-17-9-6-7-13-19(17)20/h3-16H,1-2H3. The summed E-state index contributed by atoms with van der Waals surface area (Å²) >= 11 is 0. The van der Waals surface area contributed by atoms with E-state index in [9.17, 15) is 4.79 Å². The molecule has 4 nitrogen and oxygen atoms in total. The van der Waals surface area contributed by atoms with Crippen molar-refractivity contribution in [1.29, 1.82) is 0 Å². The highest BCUT2D eigenvalue weighted by molar-refractivity contribution is 6.05. The summed E-state index contributed by atoms with van der Waals surface area (Å²) in [6.07, 6.45) is 0. The fourth-order valence-electron chi connectivity index (χ4n) is 3.04. The van der Waals surface area contributed by atoms with Crippen molar-refractivity contribution in [2.45, 2.75) is 19.8 Å². The molecule has 0 unspecified atom stereocenters. The third-order valence-electron chi connectivity index (χ3n) is 4.49. The van der Waals surface area contributed by atoms with Gasteiger partial charge in [0.1, 0.15) is 0 Å². The van der Waals surface area contributed by atoms with Crippen LogP contribution >= 0.6 is 0 Å². The molecule has 4 aromatic rings. The molecule has 0 fully saturated rings. The summed E-state index contributed by atoms with van der Waals surface area (Å²) in [7, 11) is 0. The van der Waals surface area contributed by atoms with E-state index in [1.54, 1.807) is 10.7 Å². The predicted octanol–water partition coefficient (Wildman–Crippen LogP) is 5.37. The van der Waals surface area contributed by atoms with Gasteiger partial charge >= 0.3 is 5.97 Å². The van der Waals surface area contributed by atoms with Crippen molar-refractivity contribution in [3.63, 3.8) is 0 Å². The van der Waals surface area contributed by atoms with Crippen LogP contribution < -0.4 is 4.74 Å². The van der Waals surface area contributed by atoms with E-state index in [2.05, 4.69) is 18.9 Å². The Morgan fingerprint density at radius 1 is 0.926 bits per heavy atom. The summed E-state index contributed by atoms with van der Waals surface area (Å²) in [5.74, 6) is 0.256. The van der Waals surface area contributed by atoms with Crippen molar-refractivity contribution in [2.75, 3.05) is 0 Å². The molecule has 134 valence electrons. The molecule has 0 aliphatic heterocycles. The van der Waals surface area contributed by atoms with E-state index in [0.717, 1.165) is 22.2 Å². The first kappa shape index (κ1) is 17.0. The highest BCUT2D eigenvalue weighted by Crippen LogP contribution is 2.26. The van der Waals surface area contributed by atoms with Gasteiger partial charge in [0.05, 0.1) is 16.9 Å². The Hall–Kier alpha value is -3.40. The van der Waals surface area contributed by atoms with Gasteiger partial charge in [0.15, 0.2) is 0 Å². The SMILES string of the molecule is CC(C)c1cc(OC(=O)c2cccc3ccccc23)n(-c2ccccc2)n1. The van der Waals surface area contributed by atoms with Gasteiger partial charge in [-0.15, -0.1) is 0 Å². The summed E-state index contributed by atoms with van der Waals surface area (Å²) in [5, 5.41) is 6.51. The molecule has 4 heteroatoms. The second-order valence-electron chi connectivity index (χ2n) is 6.73. The largest absolute Gasteiger partial charge is 0.404 e. The van der Waals surface area contributed by atoms with Crippen LogP contribution in [0.25, 0.3) is 16.5 Å². The van der Waals surface area contributed by atoms with E-state index in [4.69, 9.17) is 4.74 Å². The van der Waals surface area contributed by atoms with Gasteiger partial charge < -0.3 is 4.74 Å². The van der Waals surface area contributed by atoms with Crippen LogP contribution in [0.5, 0.6) is 5.88 Å². The van der Waals surface area contributed by atoms with Crippen LogP contribution in [0.15, 0.2) is 78.9 Å². The number of ether oxygens (including phenoxy) is 1. The molecule has 0 radical (unpaired) electrons. The van der Waals surface area contributed by atoms with Crippen LogP contribution in [0, 0.1) is 0 Å². The molecule has 0 atom stereocenters. The Morgan fingerprint density at radius 3 is 2.41 bits per heavy atom. The zero-order valence-electron chi connectivity index (χ0n) is 15.3. The monoisotopic (exact) mass is 356 g/mol. The molecule has 0 saturated heterocycles. The molecule has 0 N–H and O–H groups in total. The minimum Gasteiger partial charge on any atom is -0.404 e. The summed E-state index contributed by atoms with van der Waals surface area (Å²) in [5.41, 5.74) is 2.27. The van der Waals surface area contributed by atoms with Crippen molar-refractivity contribution in [3.8, 4) is 11.6 Å². The number of benzene rings is 3. The average molecular weight is 356 g/mol. The summed E-state index contributed by atoms with van der Waals surface area (Å²) in [6.45, 7) is 4.13. The van der Waals surface area contributed by atoms with Crippen LogP contribution in [0.1, 0.15) is 35.8 Å². The van der Waals surface area contributed by atoms with Gasteiger partial charge in [0, 0.05) is 6.07 Å². The Kier molecular flexibility index (Phi) is 4.47. The van der Waals surface area contributed by atoms with Crippen LogP contribution in [-0.4, -0.2) is 15.7 Å². The zero-order chi connectivity index (χ0) is 18.8. The molecule has 0 spiro atoms. The van der Waals surface area contributed by atoms with E-state index in [1.807, 2.05) is 72.8 Å². The molecule has 3 aromatic carbocycles. The number of carbonyl (C=O) groups excluding carboxylic acids is 1. The maximum Gasteiger partial charge on any atom is 0.345 e. The van der Waals surface area contributed by atoms with Crippen LogP contribution in [0.3, 0.4) is 0 Å². The van der Waals surface area contributed by atoms with E-state index >= 15 is 0 Å². The first-order valence-electron chi connectivity index (χ1n) is 8.99. The lowest BCUT2D eigenvalue weighted by atomic mass is 10.1. The molecular formula is C23H20N2O2. The summed E-state index contributed by atoms with van der Waals surface area (Å²) in [6, 6.07) is 24.9. The second kappa shape index (κ2) is 7.08. The van der Waals surface area contributed by atoms with Crippen molar-refractivity contribution in [2.24, 2.45) is 0 Å². The maximum absolute atomic E-state index is 12.9. The number of esters is 1. The molecule has 4 rings (SSSR count). The number of aromatic nitrogens is 2. The Morgan fingerprint density at radius 2 is 1.63 bits per heavy atom. The van der Waals surface area contributed by atoms with Crippen molar-refractivity contribution < 1.29 is 9.53 Å². The smallest absolute Gasteiger partial charge is 0.345 e. The number of rotatable bonds is 4. The molecule has 0 amide bonds. The van der Waals surface area contributed by atoms with Crippen molar-refractivity contribution >= 4 is 16.7 Å². The van der Waals surface area contributed by atoms with E-state index in [0.29, 0.717) is 11.4 Å². The highest BCUT2D eigenvalue weighted by atomic mass is 16.5. The molecule has 1 heterocycles. The quantitative estimate of drug-likeness (QED) is 0.462. The van der Waals surface area contributed by atoms with Crippen LogP contribution in [0.4, 0.5) is 0 Å². The minimum atomic E-state index is -0.390. The van der Waals surface area contributed by atoms with Gasteiger partial charge in [-0.3, -0.25) is 0 Å². The molecular weight excluding hydrogens is 336 g/mol. The summed E-state index contributed by atoms with van der Waals surface area (Å²) < 4.78 is 7.47. The topological polar surface area (TPSA) is 44.1 Å². The van der Waals surface area contributed by atoms with Gasteiger partial charge in [-0.2, -0.15) is 5.10 Å². The third-order valence-corrected chi connectivity index (χ3v) is 4.49. The number of nitrogens with zero attached hydrogens (tertiary/aromatic N) is 2. The molecule has 0 bridgehead atoms. The van der Waals surface area contributed by atoms with E-state index < -0.39 is 0 Å². The number of carbonyl (C=O) groups is 1. The normalized spacial score (nSPS) is 11.1. The molecule has 0 aliphatic carbocycles. The maximum atomic E-state index is 12.9. The molecule has 0 saturated carbocycles. The van der Waals surface area contributed by atoms with E-state index in [1.165, 1.54) is 0 Å². The lowest BCUT2D eigenvalue weighted by Crippen LogP contribution is -2.12. The predicted molar refractivity (Wildman–Crippen MR) is 107 cm³/mol. The minimum absolute atomic E-state index is 0.227. The van der Waals surface area contributed by atoms with Crippen LogP contribution in [-0.2, 0) is 0 Å². The van der Waals surface area contributed by atoms with Gasteiger partial charge in [-0.1, -0.05) is 68.4 Å². The molecule has 1 aromatic heterocycles. The number of hydrogen-bond acceptors (Lipinski definition) is 3. The number of para-hydroxylation sites is 1. The first-order valence-corrected chi connectivity index (χ1v) is 8.99. The lowest BCUT2D eigenvalue weighted by molar-refractivity contribution is 0.0725. The summed E-state index contributed by atoms with van der Waals surface area (Å²) in [4.78, 5) is 12.9. The van der Waals surface area contributed by atoms with Crippen molar-refractivity contribution in [1.82, 2.24) is 9.78 Å². The Labute approximate surface area is 158 Å². The number of fused-ring (bicyclic) bond motifs is 1. The molecule has 0 aliphatic rings. The van der Waals surface area contributed by atoms with Gasteiger partial charge in [-0.05, 0) is 34.9 Å². The molecule has 27 heavy (non-hydrogen) atoms. The van der Waals surface area contributed by atoms with Gasteiger partial charge in [-0.25, -0.2) is 9.48 Å². The fourth-order valence-corrected chi connectivity index (χ4v) is 3.04.